The van der Waals surface area contributed by atoms with Gasteiger partial charge in [0.05, 0.1) is 12.6 Å². The fourth-order valence-corrected chi connectivity index (χ4v) is 0.953. The molecule has 0 spiro atoms. The van der Waals surface area contributed by atoms with Crippen molar-refractivity contribution in [1.29, 1.82) is 0 Å². The maximum atomic E-state index is 9.82. The summed E-state index contributed by atoms with van der Waals surface area (Å²) < 4.78 is 4.40. The summed E-state index contributed by atoms with van der Waals surface area (Å²) >= 11 is 0. The van der Waals surface area contributed by atoms with Crippen LogP contribution in [0.15, 0.2) is 9.98 Å². The number of aliphatic imine (C=N–C) groups is 2. The van der Waals surface area contributed by atoms with Crippen LogP contribution in [0.3, 0.4) is 0 Å². The van der Waals surface area contributed by atoms with Crippen LogP contribution >= 0.6 is 12.4 Å². The van der Waals surface area contributed by atoms with E-state index in [9.17, 15) is 4.79 Å². The average molecular weight is 280 g/mol. The summed E-state index contributed by atoms with van der Waals surface area (Å²) in [7, 11) is 4.01. The summed E-state index contributed by atoms with van der Waals surface area (Å²) in [4.78, 5) is 19.9. The van der Waals surface area contributed by atoms with Crippen molar-refractivity contribution in [2.24, 2.45) is 9.98 Å². The number of hydrogen-bond donors (Lipinski definition) is 0. The Labute approximate surface area is 117 Å². The van der Waals surface area contributed by atoms with Crippen molar-refractivity contribution >= 4 is 24.4 Å². The third-order valence-corrected chi connectivity index (χ3v) is 1.74. The molecule has 0 aliphatic carbocycles. The highest BCUT2D eigenvalue weighted by molar-refractivity contribution is 5.85. The Morgan fingerprint density at radius 1 is 1.33 bits per heavy atom. The highest BCUT2D eigenvalue weighted by atomic mass is 35.5. The Hall–Kier alpha value is -0.900. The van der Waals surface area contributed by atoms with Crippen LogP contribution in [0.25, 0.3) is 0 Å². The Morgan fingerprint density at radius 3 is 2.11 bits per heavy atom. The first-order valence-corrected chi connectivity index (χ1v) is 5.90. The fraction of sp³-hybridized carbons (Fsp3) is 0.833. The lowest BCUT2D eigenvalue weighted by atomic mass is 10.4. The molecule has 0 aliphatic heterocycles. The molecule has 1 unspecified atom stereocenters. The monoisotopic (exact) mass is 279 g/mol. The molecule has 0 N–H and O–H groups in total. The van der Waals surface area contributed by atoms with Crippen LogP contribution in [-0.2, 0) is 9.53 Å². The number of nitrogens with zero attached hydrogens (tertiary/aromatic N) is 3. The molecule has 0 heterocycles. The molecular formula is C12H26ClN3O2. The second-order valence-corrected chi connectivity index (χ2v) is 3.48. The SMILES string of the molecule is CCN=C=NC(CC)N(C)C.CCOC(C)=O.Cl. The van der Waals surface area contributed by atoms with E-state index in [2.05, 4.69) is 32.6 Å². The van der Waals surface area contributed by atoms with Crippen molar-refractivity contribution in [3.63, 3.8) is 0 Å². The predicted molar refractivity (Wildman–Crippen MR) is 77.7 cm³/mol. The van der Waals surface area contributed by atoms with Crippen LogP contribution in [0.1, 0.15) is 34.1 Å². The highest BCUT2D eigenvalue weighted by Crippen LogP contribution is 1.97. The normalized spacial score (nSPS) is 10.2. The smallest absolute Gasteiger partial charge is 0.302 e. The largest absolute Gasteiger partial charge is 0.466 e. The van der Waals surface area contributed by atoms with Crippen molar-refractivity contribution in [3.05, 3.63) is 0 Å². The third kappa shape index (κ3) is 17.5. The number of rotatable bonds is 5. The summed E-state index contributed by atoms with van der Waals surface area (Å²) in [5.41, 5.74) is 0. The Kier molecular flexibility index (Phi) is 19.9. The van der Waals surface area contributed by atoms with Crippen molar-refractivity contribution in [2.75, 3.05) is 27.2 Å². The quantitative estimate of drug-likeness (QED) is 0.574. The number of ether oxygens (including phenoxy) is 1. The van der Waals surface area contributed by atoms with Crippen LogP contribution in [0.4, 0.5) is 0 Å². The Bertz CT molecular complexity index is 252. The minimum atomic E-state index is -0.211. The van der Waals surface area contributed by atoms with Gasteiger partial charge in [0.15, 0.2) is 0 Å². The van der Waals surface area contributed by atoms with Gasteiger partial charge in [0.1, 0.15) is 6.17 Å². The van der Waals surface area contributed by atoms with Gasteiger partial charge in [0.2, 0.25) is 0 Å². The van der Waals surface area contributed by atoms with Gasteiger partial charge in [-0.2, -0.15) is 0 Å². The summed E-state index contributed by atoms with van der Waals surface area (Å²) in [5, 5.41) is 0. The molecule has 0 aromatic rings. The van der Waals surface area contributed by atoms with E-state index in [1.54, 1.807) is 6.92 Å². The van der Waals surface area contributed by atoms with Gasteiger partial charge in [-0.15, -0.1) is 12.4 Å². The minimum absolute atomic E-state index is 0. The molecular weight excluding hydrogens is 254 g/mol. The van der Waals surface area contributed by atoms with E-state index in [4.69, 9.17) is 0 Å². The standard InChI is InChI=1S/C8H17N3.C4H8O2.ClH/c1-5-8(11(3)4)10-7-9-6-2;1-3-6-4(2)5;/h8H,5-6H2,1-4H3;3H2,1-2H3;1H. The number of halogens is 1. The lowest BCUT2D eigenvalue weighted by molar-refractivity contribution is -0.140. The van der Waals surface area contributed by atoms with Crippen molar-refractivity contribution in [3.8, 4) is 0 Å². The number of carbonyl (C=O) groups is 1. The summed E-state index contributed by atoms with van der Waals surface area (Å²) in [6, 6.07) is 2.68. The van der Waals surface area contributed by atoms with E-state index in [1.807, 2.05) is 21.0 Å². The molecule has 6 heteroatoms. The predicted octanol–water partition coefficient (Wildman–Crippen LogP) is 2.47. The number of esters is 1. The van der Waals surface area contributed by atoms with Crippen molar-refractivity contribution < 1.29 is 9.53 Å². The summed E-state index contributed by atoms with van der Waals surface area (Å²) in [5.74, 6) is -0.211. The van der Waals surface area contributed by atoms with Gasteiger partial charge < -0.3 is 4.74 Å². The first-order valence-electron chi connectivity index (χ1n) is 5.90. The van der Waals surface area contributed by atoms with E-state index in [0.29, 0.717) is 6.61 Å². The molecule has 0 amide bonds. The molecule has 0 rings (SSSR count). The number of carbonyl (C=O) groups excluding carboxylic acids is 1. The molecule has 18 heavy (non-hydrogen) atoms. The van der Waals surface area contributed by atoms with E-state index in [-0.39, 0.29) is 24.5 Å². The van der Waals surface area contributed by atoms with Crippen LogP contribution in [0, 0.1) is 0 Å². The first kappa shape index (κ1) is 22.3. The first-order chi connectivity index (χ1) is 7.99. The van der Waals surface area contributed by atoms with Gasteiger partial charge >= 0.3 is 5.97 Å². The van der Waals surface area contributed by atoms with Crippen LogP contribution in [0.2, 0.25) is 0 Å². The second kappa shape index (κ2) is 16.1. The van der Waals surface area contributed by atoms with Gasteiger partial charge in [0.25, 0.3) is 0 Å². The van der Waals surface area contributed by atoms with E-state index < -0.39 is 0 Å². The molecule has 5 nitrogen and oxygen atoms in total. The van der Waals surface area contributed by atoms with Crippen LogP contribution < -0.4 is 0 Å². The lowest BCUT2D eigenvalue weighted by Gasteiger charge is -2.15. The van der Waals surface area contributed by atoms with Crippen molar-refractivity contribution in [2.45, 2.75) is 40.3 Å². The zero-order chi connectivity index (χ0) is 13.7. The van der Waals surface area contributed by atoms with Gasteiger partial charge in [-0.25, -0.2) is 9.98 Å². The minimum Gasteiger partial charge on any atom is -0.466 e. The van der Waals surface area contributed by atoms with E-state index in [0.717, 1.165) is 13.0 Å². The van der Waals surface area contributed by atoms with Gasteiger partial charge in [-0.3, -0.25) is 9.69 Å². The lowest BCUT2D eigenvalue weighted by Crippen LogP contribution is -2.24. The molecule has 0 saturated heterocycles. The molecule has 1 atom stereocenters. The maximum absolute atomic E-state index is 9.82. The Balaban J connectivity index is -0.000000277. The van der Waals surface area contributed by atoms with E-state index >= 15 is 0 Å². The fourth-order valence-electron chi connectivity index (χ4n) is 0.953. The highest BCUT2D eigenvalue weighted by Gasteiger charge is 2.03. The third-order valence-electron chi connectivity index (χ3n) is 1.74. The summed E-state index contributed by atoms with van der Waals surface area (Å²) in [6.45, 7) is 8.48. The molecule has 0 aromatic heterocycles. The van der Waals surface area contributed by atoms with E-state index in [1.165, 1.54) is 6.92 Å². The zero-order valence-corrected chi connectivity index (χ0v) is 13.1. The van der Waals surface area contributed by atoms with Gasteiger partial charge in [0, 0.05) is 13.5 Å². The molecule has 0 saturated carbocycles. The second-order valence-electron chi connectivity index (χ2n) is 3.48. The van der Waals surface area contributed by atoms with Crippen LogP contribution in [-0.4, -0.2) is 50.3 Å². The van der Waals surface area contributed by atoms with Gasteiger partial charge in [-0.1, -0.05) is 6.92 Å². The molecule has 0 fully saturated rings. The molecule has 108 valence electrons. The maximum Gasteiger partial charge on any atom is 0.302 e. The molecule has 0 aliphatic rings. The topological polar surface area (TPSA) is 54.3 Å². The summed E-state index contributed by atoms with van der Waals surface area (Å²) in [6.07, 6.45) is 1.23. The molecule has 0 radical (unpaired) electrons. The molecule has 0 bridgehead atoms. The number of hydrogen-bond acceptors (Lipinski definition) is 5. The average Bonchev–Trinajstić information content (AvgIpc) is 2.24. The Morgan fingerprint density at radius 2 is 1.89 bits per heavy atom. The zero-order valence-electron chi connectivity index (χ0n) is 12.3. The van der Waals surface area contributed by atoms with Crippen LogP contribution in [0.5, 0.6) is 0 Å². The van der Waals surface area contributed by atoms with Gasteiger partial charge in [-0.05, 0) is 34.4 Å². The van der Waals surface area contributed by atoms with Crippen molar-refractivity contribution in [1.82, 2.24) is 4.90 Å². The molecule has 0 aromatic carbocycles.